The topological polar surface area (TPSA) is 75.3 Å². The van der Waals surface area contributed by atoms with Crippen molar-refractivity contribution in [3.63, 3.8) is 0 Å². The van der Waals surface area contributed by atoms with Crippen molar-refractivity contribution in [2.75, 3.05) is 14.2 Å². The van der Waals surface area contributed by atoms with Gasteiger partial charge in [-0.25, -0.2) is 0 Å². The van der Waals surface area contributed by atoms with Gasteiger partial charge in [-0.15, -0.1) is 0 Å². The average Bonchev–Trinajstić information content (AvgIpc) is 3.53. The summed E-state index contributed by atoms with van der Waals surface area (Å²) in [6, 6.07) is 10.9. The van der Waals surface area contributed by atoms with Gasteiger partial charge in [-0.3, -0.25) is 14.2 Å². The summed E-state index contributed by atoms with van der Waals surface area (Å²) in [5.41, 5.74) is 0.911. The van der Waals surface area contributed by atoms with Crippen molar-refractivity contribution in [1.29, 1.82) is 0 Å². The Morgan fingerprint density at radius 2 is 1.67 bits per heavy atom. The number of fused-ring (bicyclic) bond motifs is 1. The molecule has 2 aromatic heterocycles. The highest BCUT2D eigenvalue weighted by molar-refractivity contribution is 5.71. The predicted octanol–water partition coefficient (Wildman–Crippen LogP) is 2.03. The zero-order valence-electron chi connectivity index (χ0n) is 15.3. The smallest absolute Gasteiger partial charge is 0.318 e. The molecule has 0 saturated heterocycles. The van der Waals surface area contributed by atoms with E-state index >= 15 is 0 Å². The van der Waals surface area contributed by atoms with Gasteiger partial charge in [0.05, 0.1) is 26.3 Å². The summed E-state index contributed by atoms with van der Waals surface area (Å²) in [7, 11) is 3.13. The summed E-state index contributed by atoms with van der Waals surface area (Å²) < 4.78 is 13.4. The molecule has 2 heterocycles. The first-order valence-electron chi connectivity index (χ1n) is 8.92. The minimum atomic E-state index is -0.570. The highest BCUT2D eigenvalue weighted by Crippen LogP contribution is 2.31. The summed E-state index contributed by atoms with van der Waals surface area (Å²) in [4.78, 5) is 30.1. The minimum Gasteiger partial charge on any atom is -0.497 e. The SMILES string of the molecule is COc1ccc(Cn2c(=O)c(=O)n(CC3CC3)c3ccc(OC)nc32)cc1. The maximum Gasteiger partial charge on any atom is 0.318 e. The molecule has 140 valence electrons. The molecule has 0 amide bonds. The van der Waals surface area contributed by atoms with Gasteiger partial charge in [0.25, 0.3) is 0 Å². The fraction of sp³-hybridized carbons (Fsp3) is 0.350. The van der Waals surface area contributed by atoms with Crippen LogP contribution in [0, 0.1) is 5.92 Å². The average molecular weight is 367 g/mol. The van der Waals surface area contributed by atoms with E-state index in [4.69, 9.17) is 9.47 Å². The van der Waals surface area contributed by atoms with Crippen LogP contribution in [-0.2, 0) is 13.1 Å². The Balaban J connectivity index is 1.88. The highest BCUT2D eigenvalue weighted by atomic mass is 16.5. The molecule has 1 fully saturated rings. The molecular formula is C20H21N3O4. The van der Waals surface area contributed by atoms with E-state index in [0.29, 0.717) is 29.5 Å². The molecule has 27 heavy (non-hydrogen) atoms. The number of methoxy groups -OCH3 is 2. The van der Waals surface area contributed by atoms with Crippen LogP contribution in [0.15, 0.2) is 46.0 Å². The standard InChI is InChI=1S/C20H21N3O4/c1-26-15-7-5-14(6-8-15)12-23-18-16(9-10-17(21-18)27-2)22(11-13-3-4-13)19(24)20(23)25/h5-10,13H,3-4,11-12H2,1-2H3. The summed E-state index contributed by atoms with van der Waals surface area (Å²) in [5.74, 6) is 1.60. The Kier molecular flexibility index (Phi) is 4.43. The zero-order valence-corrected chi connectivity index (χ0v) is 15.3. The Morgan fingerprint density at radius 3 is 2.30 bits per heavy atom. The van der Waals surface area contributed by atoms with E-state index in [1.165, 1.54) is 11.7 Å². The molecule has 0 atom stereocenters. The van der Waals surface area contributed by atoms with Gasteiger partial charge in [0, 0.05) is 12.6 Å². The molecule has 1 aliphatic carbocycles. The molecule has 0 aliphatic heterocycles. The first kappa shape index (κ1) is 17.3. The Morgan fingerprint density at radius 1 is 0.963 bits per heavy atom. The van der Waals surface area contributed by atoms with Gasteiger partial charge in [-0.05, 0) is 42.5 Å². The molecule has 0 bridgehead atoms. The third-order valence-corrected chi connectivity index (χ3v) is 4.90. The third-order valence-electron chi connectivity index (χ3n) is 4.90. The summed E-state index contributed by atoms with van der Waals surface area (Å²) in [5, 5.41) is 0. The maximum absolute atomic E-state index is 12.9. The lowest BCUT2D eigenvalue weighted by Crippen LogP contribution is -2.42. The van der Waals surface area contributed by atoms with E-state index < -0.39 is 11.1 Å². The quantitative estimate of drug-likeness (QED) is 0.623. The van der Waals surface area contributed by atoms with Crippen molar-refractivity contribution in [2.24, 2.45) is 5.92 Å². The van der Waals surface area contributed by atoms with Crippen LogP contribution in [-0.4, -0.2) is 28.3 Å². The number of aromatic nitrogens is 3. The molecule has 0 N–H and O–H groups in total. The molecule has 7 heteroatoms. The van der Waals surface area contributed by atoms with Gasteiger partial charge in [-0.1, -0.05) is 12.1 Å². The van der Waals surface area contributed by atoms with Gasteiger partial charge in [0.15, 0.2) is 5.65 Å². The molecule has 0 radical (unpaired) electrons. The summed E-state index contributed by atoms with van der Waals surface area (Å²) in [6.45, 7) is 0.807. The first-order valence-corrected chi connectivity index (χ1v) is 8.92. The van der Waals surface area contributed by atoms with Crippen LogP contribution in [0.2, 0.25) is 0 Å². The van der Waals surface area contributed by atoms with Gasteiger partial charge in [0.1, 0.15) is 5.75 Å². The van der Waals surface area contributed by atoms with Gasteiger partial charge < -0.3 is 14.0 Å². The second-order valence-corrected chi connectivity index (χ2v) is 6.79. The Hall–Kier alpha value is -3.09. The molecule has 4 rings (SSSR count). The lowest BCUT2D eigenvalue weighted by molar-refractivity contribution is 0.398. The largest absolute Gasteiger partial charge is 0.497 e. The first-order chi connectivity index (χ1) is 13.1. The molecular weight excluding hydrogens is 346 g/mol. The molecule has 1 aromatic carbocycles. The Labute approximate surface area is 155 Å². The normalized spacial score (nSPS) is 13.7. The predicted molar refractivity (Wildman–Crippen MR) is 102 cm³/mol. The van der Waals surface area contributed by atoms with Crippen molar-refractivity contribution in [3.05, 3.63) is 62.7 Å². The van der Waals surface area contributed by atoms with E-state index in [2.05, 4.69) is 4.98 Å². The van der Waals surface area contributed by atoms with Crippen LogP contribution in [0.25, 0.3) is 11.2 Å². The number of nitrogens with zero attached hydrogens (tertiary/aromatic N) is 3. The van der Waals surface area contributed by atoms with Crippen molar-refractivity contribution in [3.8, 4) is 11.6 Å². The minimum absolute atomic E-state index is 0.249. The number of hydrogen-bond donors (Lipinski definition) is 0. The van der Waals surface area contributed by atoms with Crippen LogP contribution < -0.4 is 20.6 Å². The molecule has 1 aliphatic rings. The summed E-state index contributed by atoms with van der Waals surface area (Å²) >= 11 is 0. The molecule has 0 spiro atoms. The van der Waals surface area contributed by atoms with Crippen LogP contribution >= 0.6 is 0 Å². The highest BCUT2D eigenvalue weighted by Gasteiger charge is 2.25. The van der Waals surface area contributed by atoms with Crippen molar-refractivity contribution >= 4 is 11.2 Å². The van der Waals surface area contributed by atoms with Gasteiger partial charge in [-0.2, -0.15) is 4.98 Å². The van der Waals surface area contributed by atoms with Crippen molar-refractivity contribution in [2.45, 2.75) is 25.9 Å². The number of ether oxygens (including phenoxy) is 2. The number of rotatable bonds is 6. The number of pyridine rings is 1. The van der Waals surface area contributed by atoms with Gasteiger partial charge in [0.2, 0.25) is 5.88 Å². The van der Waals surface area contributed by atoms with Gasteiger partial charge >= 0.3 is 11.1 Å². The molecule has 7 nitrogen and oxygen atoms in total. The summed E-state index contributed by atoms with van der Waals surface area (Å²) in [6.07, 6.45) is 2.18. The van der Waals surface area contributed by atoms with E-state index in [9.17, 15) is 9.59 Å². The lowest BCUT2D eigenvalue weighted by Gasteiger charge is -2.15. The van der Waals surface area contributed by atoms with E-state index in [0.717, 1.165) is 24.2 Å². The third kappa shape index (κ3) is 3.32. The van der Waals surface area contributed by atoms with Crippen molar-refractivity contribution < 1.29 is 9.47 Å². The fourth-order valence-corrected chi connectivity index (χ4v) is 3.18. The van der Waals surface area contributed by atoms with Crippen LogP contribution in [0.4, 0.5) is 0 Å². The monoisotopic (exact) mass is 367 g/mol. The zero-order chi connectivity index (χ0) is 19.0. The molecule has 0 unspecified atom stereocenters. The fourth-order valence-electron chi connectivity index (χ4n) is 3.18. The van der Waals surface area contributed by atoms with E-state index in [1.54, 1.807) is 23.8 Å². The Bertz CT molecular complexity index is 1100. The molecule has 3 aromatic rings. The van der Waals surface area contributed by atoms with Crippen LogP contribution in [0.3, 0.4) is 0 Å². The van der Waals surface area contributed by atoms with E-state index in [1.807, 2.05) is 24.3 Å². The molecule has 1 saturated carbocycles. The maximum atomic E-state index is 12.9. The lowest BCUT2D eigenvalue weighted by atomic mass is 10.2. The van der Waals surface area contributed by atoms with E-state index in [-0.39, 0.29) is 6.54 Å². The van der Waals surface area contributed by atoms with Crippen LogP contribution in [0.1, 0.15) is 18.4 Å². The van der Waals surface area contributed by atoms with Crippen LogP contribution in [0.5, 0.6) is 11.6 Å². The number of hydrogen-bond acceptors (Lipinski definition) is 5. The van der Waals surface area contributed by atoms with Crippen molar-refractivity contribution in [1.82, 2.24) is 14.1 Å². The second kappa shape index (κ2) is 6.90. The second-order valence-electron chi connectivity index (χ2n) is 6.79. The number of benzene rings is 1.